The van der Waals surface area contributed by atoms with Crippen molar-refractivity contribution in [1.82, 2.24) is 10.6 Å². The lowest BCUT2D eigenvalue weighted by Crippen LogP contribution is -2.47. The molecule has 0 heterocycles. The lowest BCUT2D eigenvalue weighted by Gasteiger charge is -2.23. The zero-order valence-electron chi connectivity index (χ0n) is 14.2. The van der Waals surface area contributed by atoms with Gasteiger partial charge >= 0.3 is 0 Å². The number of aliphatic imine (C=N–C) groups is 1. The van der Waals surface area contributed by atoms with E-state index in [1.54, 1.807) is 7.05 Å². The summed E-state index contributed by atoms with van der Waals surface area (Å²) in [4.78, 5) is 4.21. The minimum atomic E-state index is 0. The quantitative estimate of drug-likeness (QED) is 0.308. The van der Waals surface area contributed by atoms with E-state index in [4.69, 9.17) is 4.74 Å². The topological polar surface area (TPSA) is 45.7 Å². The number of hydrogen-bond acceptors (Lipinski definition) is 2. The second-order valence-electron chi connectivity index (χ2n) is 6.12. The van der Waals surface area contributed by atoms with Crippen molar-refractivity contribution < 1.29 is 4.74 Å². The number of halogens is 1. The molecular formula is C17H30IN3O. The van der Waals surface area contributed by atoms with E-state index in [0.717, 1.165) is 32.0 Å². The van der Waals surface area contributed by atoms with Crippen molar-refractivity contribution in [3.8, 4) is 0 Å². The van der Waals surface area contributed by atoms with E-state index in [2.05, 4.69) is 48.5 Å². The van der Waals surface area contributed by atoms with Gasteiger partial charge in [0.25, 0.3) is 0 Å². The van der Waals surface area contributed by atoms with Crippen LogP contribution in [0, 0.1) is 0 Å². The third-order valence-electron chi connectivity index (χ3n) is 2.84. The first-order chi connectivity index (χ1) is 10.0. The molecule has 1 aromatic carbocycles. The average Bonchev–Trinajstić information content (AvgIpc) is 2.45. The molecule has 0 fully saturated rings. The molecule has 0 saturated heterocycles. The lowest BCUT2D eigenvalue weighted by molar-refractivity contribution is 0.117. The maximum atomic E-state index is 5.66. The molecule has 22 heavy (non-hydrogen) atoms. The number of nitrogens with one attached hydrogen (secondary N) is 2. The number of hydrogen-bond donors (Lipinski definition) is 2. The predicted molar refractivity (Wildman–Crippen MR) is 105 cm³/mol. The molecule has 1 rings (SSSR count). The van der Waals surface area contributed by atoms with Crippen LogP contribution in [-0.2, 0) is 11.3 Å². The highest BCUT2D eigenvalue weighted by atomic mass is 127. The number of rotatable bonds is 7. The van der Waals surface area contributed by atoms with Gasteiger partial charge in [0.15, 0.2) is 5.96 Å². The molecule has 0 spiro atoms. The molecular weight excluding hydrogens is 389 g/mol. The summed E-state index contributed by atoms with van der Waals surface area (Å²) < 4.78 is 5.66. The number of ether oxygens (including phenoxy) is 1. The van der Waals surface area contributed by atoms with E-state index in [9.17, 15) is 0 Å². The van der Waals surface area contributed by atoms with E-state index >= 15 is 0 Å². The van der Waals surface area contributed by atoms with Gasteiger partial charge < -0.3 is 15.4 Å². The summed E-state index contributed by atoms with van der Waals surface area (Å²) in [6.07, 6.45) is 2.12. The highest BCUT2D eigenvalue weighted by Gasteiger charge is 2.10. The summed E-state index contributed by atoms with van der Waals surface area (Å²) in [6.45, 7) is 8.76. The molecule has 126 valence electrons. The summed E-state index contributed by atoms with van der Waals surface area (Å²) in [6, 6.07) is 10.3. The Kier molecular flexibility index (Phi) is 11.3. The monoisotopic (exact) mass is 419 g/mol. The van der Waals surface area contributed by atoms with Crippen LogP contribution in [0.2, 0.25) is 0 Å². The Morgan fingerprint density at radius 1 is 1.14 bits per heavy atom. The van der Waals surface area contributed by atoms with Crippen molar-refractivity contribution in [2.24, 2.45) is 4.99 Å². The second-order valence-corrected chi connectivity index (χ2v) is 6.12. The Balaban J connectivity index is 0.00000441. The van der Waals surface area contributed by atoms with Gasteiger partial charge in [-0.25, -0.2) is 0 Å². The summed E-state index contributed by atoms with van der Waals surface area (Å²) >= 11 is 0. The third kappa shape index (κ3) is 10.8. The number of unbranched alkanes of at least 4 members (excludes halogenated alkanes) is 1. The first-order valence-corrected chi connectivity index (χ1v) is 7.62. The molecule has 0 atom stereocenters. The van der Waals surface area contributed by atoms with Crippen LogP contribution >= 0.6 is 24.0 Å². The summed E-state index contributed by atoms with van der Waals surface area (Å²) in [5, 5.41) is 6.65. The van der Waals surface area contributed by atoms with E-state index in [1.807, 2.05) is 18.2 Å². The van der Waals surface area contributed by atoms with Crippen LogP contribution in [-0.4, -0.2) is 31.7 Å². The minimum absolute atomic E-state index is 0. The van der Waals surface area contributed by atoms with Gasteiger partial charge in [-0.1, -0.05) is 30.3 Å². The van der Waals surface area contributed by atoms with Crippen LogP contribution in [0.4, 0.5) is 0 Å². The molecule has 5 heteroatoms. The molecule has 0 aromatic heterocycles. The van der Waals surface area contributed by atoms with Gasteiger partial charge in [0.1, 0.15) is 0 Å². The highest BCUT2D eigenvalue weighted by Crippen LogP contribution is 2.01. The Morgan fingerprint density at radius 3 is 2.41 bits per heavy atom. The number of guanidine groups is 1. The van der Waals surface area contributed by atoms with Crippen LogP contribution in [0.3, 0.4) is 0 Å². The van der Waals surface area contributed by atoms with Gasteiger partial charge in [0.2, 0.25) is 0 Å². The zero-order valence-corrected chi connectivity index (χ0v) is 16.5. The normalized spacial score (nSPS) is 11.7. The van der Waals surface area contributed by atoms with Gasteiger partial charge in [-0.3, -0.25) is 4.99 Å². The maximum Gasteiger partial charge on any atom is 0.191 e. The van der Waals surface area contributed by atoms with Crippen molar-refractivity contribution in [3.63, 3.8) is 0 Å². The number of nitrogens with zero attached hydrogens (tertiary/aromatic N) is 1. The van der Waals surface area contributed by atoms with Crippen LogP contribution in [0.5, 0.6) is 0 Å². The minimum Gasteiger partial charge on any atom is -0.377 e. The maximum absolute atomic E-state index is 5.66. The molecule has 0 aliphatic carbocycles. The largest absolute Gasteiger partial charge is 0.377 e. The van der Waals surface area contributed by atoms with Gasteiger partial charge in [0, 0.05) is 25.7 Å². The van der Waals surface area contributed by atoms with Crippen LogP contribution in [0.15, 0.2) is 35.3 Å². The first kappa shape index (κ1) is 21.2. The van der Waals surface area contributed by atoms with Crippen molar-refractivity contribution in [2.75, 3.05) is 20.2 Å². The molecule has 0 aliphatic heterocycles. The molecule has 0 bridgehead atoms. The second kappa shape index (κ2) is 11.7. The molecule has 0 amide bonds. The Hall–Kier alpha value is -0.820. The number of benzene rings is 1. The fraction of sp³-hybridized carbons (Fsp3) is 0.588. The molecule has 0 saturated carbocycles. The molecule has 1 aromatic rings. The van der Waals surface area contributed by atoms with Crippen molar-refractivity contribution in [3.05, 3.63) is 35.9 Å². The lowest BCUT2D eigenvalue weighted by atomic mass is 10.1. The highest BCUT2D eigenvalue weighted by molar-refractivity contribution is 14.0. The summed E-state index contributed by atoms with van der Waals surface area (Å²) in [5.74, 6) is 0.854. The van der Waals surface area contributed by atoms with E-state index in [1.165, 1.54) is 5.56 Å². The summed E-state index contributed by atoms with van der Waals surface area (Å²) in [7, 11) is 1.80. The fourth-order valence-corrected chi connectivity index (χ4v) is 1.83. The fourth-order valence-electron chi connectivity index (χ4n) is 1.83. The average molecular weight is 419 g/mol. The molecule has 0 aliphatic rings. The van der Waals surface area contributed by atoms with Gasteiger partial charge in [-0.2, -0.15) is 0 Å². The van der Waals surface area contributed by atoms with Crippen molar-refractivity contribution >= 4 is 29.9 Å². The smallest absolute Gasteiger partial charge is 0.191 e. The predicted octanol–water partition coefficient (Wildman–Crippen LogP) is 3.56. The van der Waals surface area contributed by atoms with E-state index in [0.29, 0.717) is 6.61 Å². The van der Waals surface area contributed by atoms with Crippen molar-refractivity contribution in [2.45, 2.75) is 45.8 Å². The standard InChI is InChI=1S/C17H29N3O.HI/c1-17(2,3)20-16(18-4)19-12-8-9-13-21-14-15-10-6-5-7-11-15;/h5-7,10-11H,8-9,12-14H2,1-4H3,(H2,18,19,20);1H. The van der Waals surface area contributed by atoms with Crippen LogP contribution in [0.1, 0.15) is 39.2 Å². The molecule has 0 radical (unpaired) electrons. The van der Waals surface area contributed by atoms with Gasteiger partial charge in [-0.15, -0.1) is 24.0 Å². The van der Waals surface area contributed by atoms with Crippen LogP contribution in [0.25, 0.3) is 0 Å². The Labute approximate surface area is 152 Å². The molecule has 2 N–H and O–H groups in total. The van der Waals surface area contributed by atoms with E-state index in [-0.39, 0.29) is 29.5 Å². The van der Waals surface area contributed by atoms with Gasteiger partial charge in [-0.05, 0) is 39.2 Å². The molecule has 0 unspecified atom stereocenters. The Bertz CT molecular complexity index is 416. The Morgan fingerprint density at radius 2 is 1.82 bits per heavy atom. The van der Waals surface area contributed by atoms with Crippen molar-refractivity contribution in [1.29, 1.82) is 0 Å². The third-order valence-corrected chi connectivity index (χ3v) is 2.84. The SMILES string of the molecule is CN=C(NCCCCOCc1ccccc1)NC(C)(C)C.I. The molecule has 4 nitrogen and oxygen atoms in total. The van der Waals surface area contributed by atoms with Gasteiger partial charge in [0.05, 0.1) is 6.61 Å². The van der Waals surface area contributed by atoms with E-state index < -0.39 is 0 Å². The summed E-state index contributed by atoms with van der Waals surface area (Å²) in [5.41, 5.74) is 1.26. The van der Waals surface area contributed by atoms with Crippen LogP contribution < -0.4 is 10.6 Å². The zero-order chi connectivity index (χ0) is 15.6. The first-order valence-electron chi connectivity index (χ1n) is 7.62.